The van der Waals surface area contributed by atoms with Crippen LogP contribution in [0.5, 0.6) is 5.75 Å². The number of hydrogen-bond donors (Lipinski definition) is 0. The number of rotatable bonds is 8. The molecule has 0 aliphatic carbocycles. The molecule has 37 heavy (non-hydrogen) atoms. The van der Waals surface area contributed by atoms with Gasteiger partial charge in [-0.25, -0.2) is 8.42 Å². The third-order valence-corrected chi connectivity index (χ3v) is 8.68. The maximum atomic E-state index is 13.1. The summed E-state index contributed by atoms with van der Waals surface area (Å²) in [6.45, 7) is 8.64. The second kappa shape index (κ2) is 11.4. The standard InChI is InChI=1S/C28H32ClN3O4S/c1-4-32(37(34,35)26-13-5-21(2)6-14-26)24-9-11-25(12-10-24)36-20-28(33)31-17-15-30(16-18-31)27-19-23(29)8-7-22(27)3/h5-14,19H,4,15-18,20H2,1-3H3. The lowest BCUT2D eigenvalue weighted by atomic mass is 10.1. The molecule has 9 heteroatoms. The summed E-state index contributed by atoms with van der Waals surface area (Å²) in [5.74, 6) is 0.428. The number of ether oxygens (including phenoxy) is 1. The third-order valence-electron chi connectivity index (χ3n) is 6.53. The van der Waals surface area contributed by atoms with Crippen LogP contribution in [0.4, 0.5) is 11.4 Å². The molecule has 3 aromatic carbocycles. The molecule has 1 fully saturated rings. The van der Waals surface area contributed by atoms with E-state index in [9.17, 15) is 13.2 Å². The van der Waals surface area contributed by atoms with Gasteiger partial charge in [-0.3, -0.25) is 9.10 Å². The van der Waals surface area contributed by atoms with E-state index in [2.05, 4.69) is 11.8 Å². The van der Waals surface area contributed by atoms with Gasteiger partial charge < -0.3 is 14.5 Å². The molecule has 0 saturated carbocycles. The number of hydrogen-bond acceptors (Lipinski definition) is 5. The molecule has 1 heterocycles. The molecule has 0 aromatic heterocycles. The van der Waals surface area contributed by atoms with E-state index < -0.39 is 10.0 Å². The lowest BCUT2D eigenvalue weighted by molar-refractivity contribution is -0.133. The maximum absolute atomic E-state index is 13.1. The van der Waals surface area contributed by atoms with E-state index in [1.54, 1.807) is 60.4 Å². The van der Waals surface area contributed by atoms with Crippen LogP contribution in [0.25, 0.3) is 0 Å². The molecule has 0 radical (unpaired) electrons. The topological polar surface area (TPSA) is 70.2 Å². The second-order valence-electron chi connectivity index (χ2n) is 9.06. The normalized spacial score (nSPS) is 13.9. The van der Waals surface area contributed by atoms with E-state index >= 15 is 0 Å². The molecule has 1 aliphatic rings. The van der Waals surface area contributed by atoms with Crippen LogP contribution in [-0.4, -0.2) is 58.6 Å². The number of carbonyl (C=O) groups excluding carboxylic acids is 1. The molecule has 0 atom stereocenters. The van der Waals surface area contributed by atoms with Gasteiger partial charge in [0.1, 0.15) is 5.75 Å². The lowest BCUT2D eigenvalue weighted by Gasteiger charge is -2.36. The van der Waals surface area contributed by atoms with Gasteiger partial charge in [-0.2, -0.15) is 0 Å². The molecule has 1 amide bonds. The highest BCUT2D eigenvalue weighted by atomic mass is 35.5. The number of nitrogens with zero attached hydrogens (tertiary/aromatic N) is 3. The van der Waals surface area contributed by atoms with Gasteiger partial charge in [-0.1, -0.05) is 35.4 Å². The minimum absolute atomic E-state index is 0.0747. The number of amides is 1. The van der Waals surface area contributed by atoms with Gasteiger partial charge in [-0.15, -0.1) is 0 Å². The molecule has 1 aliphatic heterocycles. The van der Waals surface area contributed by atoms with E-state index in [-0.39, 0.29) is 24.0 Å². The number of anilines is 2. The van der Waals surface area contributed by atoms with Crippen molar-refractivity contribution in [2.24, 2.45) is 0 Å². The third kappa shape index (κ3) is 6.19. The highest BCUT2D eigenvalue weighted by Crippen LogP contribution is 2.27. The van der Waals surface area contributed by atoms with Crippen LogP contribution in [0, 0.1) is 13.8 Å². The summed E-state index contributed by atoms with van der Waals surface area (Å²) in [5, 5.41) is 0.702. The van der Waals surface area contributed by atoms with Crippen molar-refractivity contribution < 1.29 is 17.9 Å². The number of piperazine rings is 1. The zero-order chi connectivity index (χ0) is 26.6. The van der Waals surface area contributed by atoms with Gasteiger partial charge in [0.15, 0.2) is 6.61 Å². The zero-order valence-corrected chi connectivity index (χ0v) is 22.9. The first kappa shape index (κ1) is 26.8. The van der Waals surface area contributed by atoms with Crippen LogP contribution in [0.3, 0.4) is 0 Å². The second-order valence-corrected chi connectivity index (χ2v) is 11.4. The summed E-state index contributed by atoms with van der Waals surface area (Å²) in [6, 6.07) is 19.4. The number of sulfonamides is 1. The largest absolute Gasteiger partial charge is 0.484 e. The smallest absolute Gasteiger partial charge is 0.264 e. The Morgan fingerprint density at radius 3 is 2.22 bits per heavy atom. The van der Waals surface area contributed by atoms with Gasteiger partial charge in [0.25, 0.3) is 15.9 Å². The quantitative estimate of drug-likeness (QED) is 0.406. The van der Waals surface area contributed by atoms with Crippen molar-refractivity contribution in [2.45, 2.75) is 25.7 Å². The van der Waals surface area contributed by atoms with Crippen molar-refractivity contribution in [3.05, 3.63) is 82.9 Å². The van der Waals surface area contributed by atoms with Gasteiger partial charge in [0.05, 0.1) is 10.6 Å². The van der Waals surface area contributed by atoms with Crippen molar-refractivity contribution in [1.82, 2.24) is 4.90 Å². The van der Waals surface area contributed by atoms with E-state index in [1.165, 1.54) is 4.31 Å². The average molecular weight is 542 g/mol. The number of carbonyl (C=O) groups is 1. The molecule has 7 nitrogen and oxygen atoms in total. The van der Waals surface area contributed by atoms with Crippen LogP contribution in [0.15, 0.2) is 71.6 Å². The van der Waals surface area contributed by atoms with Gasteiger partial charge >= 0.3 is 0 Å². The highest BCUT2D eigenvalue weighted by molar-refractivity contribution is 7.92. The van der Waals surface area contributed by atoms with Gasteiger partial charge in [-0.05, 0) is 74.9 Å². The summed E-state index contributed by atoms with van der Waals surface area (Å²) in [7, 11) is -3.68. The summed E-state index contributed by atoms with van der Waals surface area (Å²) < 4.78 is 33.4. The number of aryl methyl sites for hydroxylation is 2. The molecular formula is C28H32ClN3O4S. The molecule has 0 bridgehead atoms. The summed E-state index contributed by atoms with van der Waals surface area (Å²) >= 11 is 6.17. The lowest BCUT2D eigenvalue weighted by Crippen LogP contribution is -2.50. The Labute approximate surface area is 224 Å². The van der Waals surface area contributed by atoms with Gasteiger partial charge in [0, 0.05) is 43.4 Å². The summed E-state index contributed by atoms with van der Waals surface area (Å²) in [4.78, 5) is 17.0. The Morgan fingerprint density at radius 1 is 0.946 bits per heavy atom. The first-order valence-electron chi connectivity index (χ1n) is 12.3. The minimum Gasteiger partial charge on any atom is -0.484 e. The Morgan fingerprint density at radius 2 is 1.59 bits per heavy atom. The maximum Gasteiger partial charge on any atom is 0.264 e. The fraction of sp³-hybridized carbons (Fsp3) is 0.321. The summed E-state index contributed by atoms with van der Waals surface area (Å²) in [5.41, 5.74) is 3.79. The summed E-state index contributed by atoms with van der Waals surface area (Å²) in [6.07, 6.45) is 0. The Hall–Kier alpha value is -3.23. The Balaban J connectivity index is 1.33. The van der Waals surface area contributed by atoms with Crippen molar-refractivity contribution >= 4 is 38.9 Å². The predicted octanol–water partition coefficient (Wildman–Crippen LogP) is 4.90. The first-order chi connectivity index (χ1) is 17.7. The van der Waals surface area contributed by atoms with Crippen LogP contribution >= 0.6 is 11.6 Å². The van der Waals surface area contributed by atoms with E-state index in [0.29, 0.717) is 29.5 Å². The minimum atomic E-state index is -3.68. The molecule has 3 aromatic rings. The van der Waals surface area contributed by atoms with Crippen molar-refractivity contribution in [3.8, 4) is 5.75 Å². The van der Waals surface area contributed by atoms with E-state index in [1.807, 2.05) is 25.1 Å². The molecular weight excluding hydrogens is 510 g/mol. The zero-order valence-electron chi connectivity index (χ0n) is 21.4. The van der Waals surface area contributed by atoms with Crippen molar-refractivity contribution in [1.29, 1.82) is 0 Å². The van der Waals surface area contributed by atoms with Gasteiger partial charge in [0.2, 0.25) is 0 Å². The Kier molecular flexibility index (Phi) is 8.29. The molecule has 0 unspecified atom stereocenters. The van der Waals surface area contributed by atoms with Crippen LogP contribution in [-0.2, 0) is 14.8 Å². The molecule has 1 saturated heterocycles. The molecule has 4 rings (SSSR count). The van der Waals surface area contributed by atoms with Crippen LogP contribution in [0.1, 0.15) is 18.1 Å². The predicted molar refractivity (Wildman–Crippen MR) is 148 cm³/mol. The molecule has 0 spiro atoms. The van der Waals surface area contributed by atoms with E-state index in [4.69, 9.17) is 16.3 Å². The monoisotopic (exact) mass is 541 g/mol. The number of benzene rings is 3. The average Bonchev–Trinajstić information content (AvgIpc) is 2.90. The van der Waals surface area contributed by atoms with E-state index in [0.717, 1.165) is 29.9 Å². The molecule has 0 N–H and O–H groups in total. The SMILES string of the molecule is CCN(c1ccc(OCC(=O)N2CCN(c3cc(Cl)ccc3C)CC2)cc1)S(=O)(=O)c1ccc(C)cc1. The Bertz CT molecular complexity index is 1340. The number of halogens is 1. The highest BCUT2D eigenvalue weighted by Gasteiger charge is 2.24. The van der Waals surface area contributed by atoms with Crippen molar-refractivity contribution in [2.75, 3.05) is 48.5 Å². The fourth-order valence-electron chi connectivity index (χ4n) is 4.39. The van der Waals surface area contributed by atoms with Crippen LogP contribution < -0.4 is 13.9 Å². The molecule has 196 valence electrons. The van der Waals surface area contributed by atoms with Crippen molar-refractivity contribution in [3.63, 3.8) is 0 Å². The fourth-order valence-corrected chi connectivity index (χ4v) is 6.03. The first-order valence-corrected chi connectivity index (χ1v) is 14.1. The van der Waals surface area contributed by atoms with Crippen LogP contribution in [0.2, 0.25) is 5.02 Å².